The topological polar surface area (TPSA) is 75.9 Å². The summed E-state index contributed by atoms with van der Waals surface area (Å²) in [6.07, 6.45) is 6.66. The Morgan fingerprint density at radius 3 is 2.58 bits per heavy atom. The van der Waals surface area contributed by atoms with Crippen molar-refractivity contribution in [1.29, 1.82) is 0 Å². The van der Waals surface area contributed by atoms with E-state index in [9.17, 15) is 4.79 Å². The SMILES string of the molecule is CN(C(=O)Cc1ccc(-n2cnnn2)cc1)C1CC2CCC(C1)N2. The summed E-state index contributed by atoms with van der Waals surface area (Å²) in [4.78, 5) is 14.6. The van der Waals surface area contributed by atoms with Crippen molar-refractivity contribution in [1.82, 2.24) is 30.4 Å². The number of likely N-dealkylation sites (N-methyl/N-ethyl adjacent to an activating group) is 1. The number of benzene rings is 1. The molecule has 0 saturated carbocycles. The number of rotatable bonds is 4. The Hall–Kier alpha value is -2.28. The van der Waals surface area contributed by atoms with Gasteiger partial charge >= 0.3 is 0 Å². The molecule has 1 amide bonds. The summed E-state index contributed by atoms with van der Waals surface area (Å²) in [5.74, 6) is 0.191. The van der Waals surface area contributed by atoms with Crippen molar-refractivity contribution in [3.8, 4) is 5.69 Å². The first-order chi connectivity index (χ1) is 11.7. The third-order valence-corrected chi connectivity index (χ3v) is 5.29. The number of piperidine rings is 1. The number of hydrogen-bond donors (Lipinski definition) is 1. The van der Waals surface area contributed by atoms with Crippen molar-refractivity contribution in [2.45, 2.75) is 50.2 Å². The minimum Gasteiger partial charge on any atom is -0.342 e. The second-order valence-corrected chi connectivity index (χ2v) is 6.87. The lowest BCUT2D eigenvalue weighted by Gasteiger charge is -2.35. The Morgan fingerprint density at radius 2 is 1.96 bits per heavy atom. The molecule has 2 aliphatic heterocycles. The minimum atomic E-state index is 0.191. The summed E-state index contributed by atoms with van der Waals surface area (Å²) in [7, 11) is 1.95. The molecule has 1 aromatic heterocycles. The van der Waals surface area contributed by atoms with Gasteiger partial charge in [0.2, 0.25) is 5.91 Å². The molecule has 7 nitrogen and oxygen atoms in total. The van der Waals surface area contributed by atoms with E-state index in [1.807, 2.05) is 36.2 Å². The van der Waals surface area contributed by atoms with E-state index in [2.05, 4.69) is 20.8 Å². The average molecular weight is 326 g/mol. The van der Waals surface area contributed by atoms with Gasteiger partial charge in [0.1, 0.15) is 6.33 Å². The summed E-state index contributed by atoms with van der Waals surface area (Å²) in [5.41, 5.74) is 1.90. The lowest BCUT2D eigenvalue weighted by atomic mass is 9.98. The standard InChI is InChI=1S/C17H22N6O/c1-22(16-9-13-4-5-14(10-16)19-13)17(24)8-12-2-6-15(7-3-12)23-11-18-20-21-23/h2-3,6-7,11,13-14,16,19H,4-5,8-10H2,1H3. The first-order valence-electron chi connectivity index (χ1n) is 8.53. The van der Waals surface area contributed by atoms with E-state index in [0.717, 1.165) is 24.1 Å². The molecule has 2 aromatic rings. The monoisotopic (exact) mass is 326 g/mol. The number of amides is 1. The van der Waals surface area contributed by atoms with Gasteiger partial charge in [-0.1, -0.05) is 12.1 Å². The number of carbonyl (C=O) groups excluding carboxylic acids is 1. The normalized spacial score (nSPS) is 25.6. The van der Waals surface area contributed by atoms with Gasteiger partial charge in [0.05, 0.1) is 12.1 Å². The zero-order valence-electron chi connectivity index (χ0n) is 13.8. The molecule has 0 aliphatic carbocycles. The summed E-state index contributed by atoms with van der Waals surface area (Å²) in [5, 5.41) is 14.7. The highest BCUT2D eigenvalue weighted by atomic mass is 16.2. The van der Waals surface area contributed by atoms with Crippen LogP contribution in [0.2, 0.25) is 0 Å². The van der Waals surface area contributed by atoms with Crippen LogP contribution in [0.15, 0.2) is 30.6 Å². The van der Waals surface area contributed by atoms with Crippen LogP contribution in [0, 0.1) is 0 Å². The second-order valence-electron chi connectivity index (χ2n) is 6.87. The molecule has 0 radical (unpaired) electrons. The summed E-state index contributed by atoms with van der Waals surface area (Å²) < 4.78 is 1.60. The molecule has 2 aliphatic rings. The van der Waals surface area contributed by atoms with Crippen LogP contribution < -0.4 is 5.32 Å². The van der Waals surface area contributed by atoms with E-state index < -0.39 is 0 Å². The average Bonchev–Trinajstić information content (AvgIpc) is 3.24. The third kappa shape index (κ3) is 3.03. The van der Waals surface area contributed by atoms with Crippen molar-refractivity contribution >= 4 is 5.91 Å². The molecule has 7 heteroatoms. The number of hydrogen-bond acceptors (Lipinski definition) is 5. The fourth-order valence-electron chi connectivity index (χ4n) is 3.89. The van der Waals surface area contributed by atoms with Crippen molar-refractivity contribution in [3.05, 3.63) is 36.2 Å². The quantitative estimate of drug-likeness (QED) is 0.905. The maximum atomic E-state index is 12.6. The maximum absolute atomic E-state index is 12.6. The molecule has 0 spiro atoms. The smallest absolute Gasteiger partial charge is 0.226 e. The minimum absolute atomic E-state index is 0.191. The van der Waals surface area contributed by atoms with Gasteiger partial charge in [-0.15, -0.1) is 5.10 Å². The lowest BCUT2D eigenvalue weighted by molar-refractivity contribution is -0.131. The molecule has 2 fully saturated rings. The van der Waals surface area contributed by atoms with Gasteiger partial charge in [-0.2, -0.15) is 0 Å². The first kappa shape index (κ1) is 15.3. The van der Waals surface area contributed by atoms with Crippen molar-refractivity contribution in [3.63, 3.8) is 0 Å². The number of carbonyl (C=O) groups is 1. The van der Waals surface area contributed by atoms with E-state index in [1.165, 1.54) is 12.8 Å². The molecule has 2 saturated heterocycles. The fraction of sp³-hybridized carbons (Fsp3) is 0.529. The highest BCUT2D eigenvalue weighted by Crippen LogP contribution is 2.29. The van der Waals surface area contributed by atoms with E-state index in [4.69, 9.17) is 0 Å². The summed E-state index contributed by atoms with van der Waals surface area (Å²) in [6.45, 7) is 0. The van der Waals surface area contributed by atoms with Crippen LogP contribution in [-0.2, 0) is 11.2 Å². The van der Waals surface area contributed by atoms with Crippen LogP contribution in [0.3, 0.4) is 0 Å². The van der Waals surface area contributed by atoms with Gasteiger partial charge in [-0.05, 0) is 53.8 Å². The van der Waals surface area contributed by atoms with Crippen LogP contribution in [0.1, 0.15) is 31.2 Å². The molecular formula is C17H22N6O. The Balaban J connectivity index is 1.38. The molecule has 1 N–H and O–H groups in total. The number of nitrogens with one attached hydrogen (secondary N) is 1. The molecule has 1 aromatic carbocycles. The van der Waals surface area contributed by atoms with Crippen LogP contribution in [-0.4, -0.2) is 56.2 Å². The van der Waals surface area contributed by atoms with Crippen molar-refractivity contribution in [2.75, 3.05) is 7.05 Å². The molecular weight excluding hydrogens is 304 g/mol. The maximum Gasteiger partial charge on any atom is 0.226 e. The lowest BCUT2D eigenvalue weighted by Crippen LogP contribution is -2.49. The first-order valence-corrected chi connectivity index (χ1v) is 8.53. The zero-order valence-corrected chi connectivity index (χ0v) is 13.8. The Labute approximate surface area is 141 Å². The van der Waals surface area contributed by atoms with Gasteiger partial charge in [0.15, 0.2) is 0 Å². The number of nitrogens with zero attached hydrogens (tertiary/aromatic N) is 5. The van der Waals surface area contributed by atoms with Crippen LogP contribution in [0.4, 0.5) is 0 Å². The molecule has 2 unspecified atom stereocenters. The van der Waals surface area contributed by atoms with Gasteiger partial charge in [0.25, 0.3) is 0 Å². The van der Waals surface area contributed by atoms with Gasteiger partial charge in [-0.3, -0.25) is 4.79 Å². The van der Waals surface area contributed by atoms with E-state index in [-0.39, 0.29) is 5.91 Å². The molecule has 2 bridgehead atoms. The summed E-state index contributed by atoms with van der Waals surface area (Å²) in [6, 6.07) is 9.37. The molecule has 2 atom stereocenters. The largest absolute Gasteiger partial charge is 0.342 e. The van der Waals surface area contributed by atoms with Gasteiger partial charge in [-0.25, -0.2) is 4.68 Å². The molecule has 4 rings (SSSR count). The van der Waals surface area contributed by atoms with Crippen molar-refractivity contribution in [2.24, 2.45) is 0 Å². The second kappa shape index (κ2) is 6.32. The predicted octanol–water partition coefficient (Wildman–Crippen LogP) is 0.946. The predicted molar refractivity (Wildman–Crippen MR) is 88.6 cm³/mol. The third-order valence-electron chi connectivity index (χ3n) is 5.29. The Kier molecular flexibility index (Phi) is 4.02. The van der Waals surface area contributed by atoms with E-state index in [0.29, 0.717) is 24.5 Å². The number of tetrazole rings is 1. The highest BCUT2D eigenvalue weighted by molar-refractivity contribution is 5.79. The van der Waals surface area contributed by atoms with Crippen molar-refractivity contribution < 1.29 is 4.79 Å². The van der Waals surface area contributed by atoms with E-state index >= 15 is 0 Å². The molecule has 24 heavy (non-hydrogen) atoms. The molecule has 126 valence electrons. The zero-order chi connectivity index (χ0) is 16.5. The summed E-state index contributed by atoms with van der Waals surface area (Å²) >= 11 is 0. The molecule has 3 heterocycles. The van der Waals surface area contributed by atoms with Crippen LogP contribution >= 0.6 is 0 Å². The van der Waals surface area contributed by atoms with Crippen LogP contribution in [0.25, 0.3) is 5.69 Å². The van der Waals surface area contributed by atoms with Gasteiger partial charge < -0.3 is 10.2 Å². The van der Waals surface area contributed by atoms with Crippen LogP contribution in [0.5, 0.6) is 0 Å². The fourth-order valence-corrected chi connectivity index (χ4v) is 3.89. The van der Waals surface area contributed by atoms with E-state index in [1.54, 1.807) is 11.0 Å². The van der Waals surface area contributed by atoms with Gasteiger partial charge in [0, 0.05) is 25.2 Å². The Bertz CT molecular complexity index is 686. The highest BCUT2D eigenvalue weighted by Gasteiger charge is 2.36. The number of aromatic nitrogens is 4. The number of fused-ring (bicyclic) bond motifs is 2. The Morgan fingerprint density at radius 1 is 1.25 bits per heavy atom.